The molecule has 33 heavy (non-hydrogen) atoms. The second-order valence-corrected chi connectivity index (χ2v) is 9.00. The van der Waals surface area contributed by atoms with E-state index in [1.54, 1.807) is 12.3 Å². The zero-order chi connectivity index (χ0) is 23.0. The molecule has 2 aromatic heterocycles. The van der Waals surface area contributed by atoms with Crippen LogP contribution in [-0.2, 0) is 0 Å². The minimum Gasteiger partial charge on any atom is -0.493 e. The maximum Gasteiger partial charge on any atom is 0.273 e. The monoisotopic (exact) mass is 451 g/mol. The molecule has 0 unspecified atom stereocenters. The number of hydrogen-bond donors (Lipinski definition) is 1. The molecule has 1 fully saturated rings. The maximum atomic E-state index is 12.8. The lowest BCUT2D eigenvalue weighted by Crippen LogP contribution is -2.38. The molecule has 1 saturated heterocycles. The summed E-state index contributed by atoms with van der Waals surface area (Å²) in [5, 5.41) is 7.01. The summed E-state index contributed by atoms with van der Waals surface area (Å²) in [6.45, 7) is 7.36. The highest BCUT2D eigenvalue weighted by molar-refractivity contribution is 5.93. The summed E-state index contributed by atoms with van der Waals surface area (Å²) in [4.78, 5) is 15.2. The second kappa shape index (κ2) is 11.2. The molecule has 0 radical (unpaired) electrons. The minimum atomic E-state index is -0.256. The van der Waals surface area contributed by atoms with Gasteiger partial charge in [0.2, 0.25) is 0 Å². The quantitative estimate of drug-likeness (QED) is 0.474. The van der Waals surface area contributed by atoms with Gasteiger partial charge in [0.05, 0.1) is 18.9 Å². The predicted octanol–water partition coefficient (Wildman–Crippen LogP) is 5.32. The Hall–Kier alpha value is -3.06. The highest BCUT2D eigenvalue weighted by atomic mass is 16.5. The molecule has 1 aromatic carbocycles. The number of nitrogens with zero attached hydrogens (tertiary/aromatic N) is 2. The van der Waals surface area contributed by atoms with Gasteiger partial charge in [0, 0.05) is 18.2 Å². The minimum absolute atomic E-state index is 0.00630. The first kappa shape index (κ1) is 23.1. The number of carbonyl (C=O) groups is 1. The van der Waals surface area contributed by atoms with Crippen LogP contribution in [0, 0.1) is 5.92 Å². The van der Waals surface area contributed by atoms with Crippen molar-refractivity contribution in [3.05, 3.63) is 60.2 Å². The molecular formula is C26H33N3O4. The van der Waals surface area contributed by atoms with Gasteiger partial charge >= 0.3 is 0 Å². The summed E-state index contributed by atoms with van der Waals surface area (Å²) < 4.78 is 16.9. The van der Waals surface area contributed by atoms with Crippen molar-refractivity contribution in [2.45, 2.75) is 45.6 Å². The number of ether oxygens (including phenoxy) is 1. The third kappa shape index (κ3) is 6.26. The van der Waals surface area contributed by atoms with Gasteiger partial charge < -0.3 is 19.0 Å². The van der Waals surface area contributed by atoms with Gasteiger partial charge in [-0.2, -0.15) is 0 Å². The molecule has 1 aliphatic rings. The van der Waals surface area contributed by atoms with Gasteiger partial charge in [0.15, 0.2) is 11.5 Å². The topological polar surface area (TPSA) is 80.7 Å². The Morgan fingerprint density at radius 3 is 2.55 bits per heavy atom. The third-order valence-corrected chi connectivity index (χ3v) is 5.87. The van der Waals surface area contributed by atoms with E-state index < -0.39 is 0 Å². The van der Waals surface area contributed by atoms with E-state index in [9.17, 15) is 4.79 Å². The molecule has 0 saturated carbocycles. The van der Waals surface area contributed by atoms with Crippen molar-refractivity contribution in [1.82, 2.24) is 15.4 Å². The standard InChI is InChI=1S/C26H33N3O4/c1-19(2)18-32-21-11-9-20(10-12-21)25-16-22(28-33-25)26(30)27-17-23(24-8-7-15-31-24)29-13-5-3-4-6-14-29/h7-12,15-16,19,23H,3-6,13-14,17-18H2,1-2H3,(H,27,30)/t23-/m0/s1. The fourth-order valence-corrected chi connectivity index (χ4v) is 4.07. The Morgan fingerprint density at radius 2 is 1.88 bits per heavy atom. The molecule has 0 bridgehead atoms. The fourth-order valence-electron chi connectivity index (χ4n) is 4.07. The normalized spacial score (nSPS) is 15.8. The van der Waals surface area contributed by atoms with E-state index >= 15 is 0 Å². The maximum absolute atomic E-state index is 12.8. The molecule has 0 spiro atoms. The van der Waals surface area contributed by atoms with E-state index in [0.717, 1.165) is 30.2 Å². The molecule has 1 N–H and O–H groups in total. The third-order valence-electron chi connectivity index (χ3n) is 5.87. The Morgan fingerprint density at radius 1 is 1.12 bits per heavy atom. The molecule has 7 heteroatoms. The van der Waals surface area contributed by atoms with Crippen molar-refractivity contribution in [2.24, 2.45) is 5.92 Å². The smallest absolute Gasteiger partial charge is 0.273 e. The average Bonchev–Trinajstić information content (AvgIpc) is 3.46. The summed E-state index contributed by atoms with van der Waals surface area (Å²) in [6, 6.07) is 13.2. The molecule has 7 nitrogen and oxygen atoms in total. The first-order chi connectivity index (χ1) is 16.1. The fraction of sp³-hybridized carbons (Fsp3) is 0.462. The highest BCUT2D eigenvalue weighted by Gasteiger charge is 2.25. The molecule has 1 aliphatic heterocycles. The van der Waals surface area contributed by atoms with Gasteiger partial charge in [-0.1, -0.05) is 31.8 Å². The number of amides is 1. The molecule has 3 heterocycles. The second-order valence-electron chi connectivity index (χ2n) is 9.00. The number of furan rings is 1. The van der Waals surface area contributed by atoms with Crippen molar-refractivity contribution < 1.29 is 18.5 Å². The summed E-state index contributed by atoms with van der Waals surface area (Å²) in [6.07, 6.45) is 6.52. The van der Waals surface area contributed by atoms with E-state index in [2.05, 4.69) is 29.2 Å². The molecule has 3 aromatic rings. The number of nitrogens with one attached hydrogen (secondary N) is 1. The zero-order valence-electron chi connectivity index (χ0n) is 19.5. The summed E-state index contributed by atoms with van der Waals surface area (Å²) in [5.41, 5.74) is 1.11. The molecular weight excluding hydrogens is 418 g/mol. The van der Waals surface area contributed by atoms with Crippen molar-refractivity contribution in [3.63, 3.8) is 0 Å². The van der Waals surface area contributed by atoms with E-state index in [0.29, 0.717) is 24.8 Å². The van der Waals surface area contributed by atoms with Crippen LogP contribution in [0.4, 0.5) is 0 Å². The summed E-state index contributed by atoms with van der Waals surface area (Å²) in [7, 11) is 0. The number of likely N-dealkylation sites (tertiary alicyclic amines) is 1. The predicted molar refractivity (Wildman–Crippen MR) is 126 cm³/mol. The molecule has 0 aliphatic carbocycles. The lowest BCUT2D eigenvalue weighted by molar-refractivity contribution is 0.0918. The largest absolute Gasteiger partial charge is 0.493 e. The van der Waals surface area contributed by atoms with E-state index in [1.165, 1.54) is 25.7 Å². The van der Waals surface area contributed by atoms with E-state index in [1.807, 2.05) is 36.4 Å². The number of aromatic nitrogens is 1. The van der Waals surface area contributed by atoms with Gasteiger partial charge in [0.1, 0.15) is 11.5 Å². The number of benzene rings is 1. The van der Waals surface area contributed by atoms with Crippen molar-refractivity contribution >= 4 is 5.91 Å². The van der Waals surface area contributed by atoms with Crippen LogP contribution in [0.3, 0.4) is 0 Å². The van der Waals surface area contributed by atoms with E-state index in [-0.39, 0.29) is 17.6 Å². The van der Waals surface area contributed by atoms with Gasteiger partial charge in [-0.05, 0) is 68.2 Å². The van der Waals surface area contributed by atoms with Gasteiger partial charge in [-0.15, -0.1) is 0 Å². The molecule has 1 amide bonds. The van der Waals surface area contributed by atoms with Crippen LogP contribution in [0.1, 0.15) is 61.8 Å². The number of carbonyl (C=O) groups excluding carboxylic acids is 1. The van der Waals surface area contributed by atoms with Gasteiger partial charge in [-0.3, -0.25) is 9.69 Å². The Bertz CT molecular complexity index is 987. The van der Waals surface area contributed by atoms with Gasteiger partial charge in [0.25, 0.3) is 5.91 Å². The van der Waals surface area contributed by atoms with Crippen LogP contribution in [0.5, 0.6) is 5.75 Å². The van der Waals surface area contributed by atoms with Crippen molar-refractivity contribution in [1.29, 1.82) is 0 Å². The number of hydrogen-bond acceptors (Lipinski definition) is 6. The Balaban J connectivity index is 1.38. The molecule has 176 valence electrons. The Kier molecular flexibility index (Phi) is 7.83. The molecule has 1 atom stereocenters. The number of rotatable bonds is 9. The van der Waals surface area contributed by atoms with E-state index in [4.69, 9.17) is 13.7 Å². The van der Waals surface area contributed by atoms with Crippen LogP contribution in [0.25, 0.3) is 11.3 Å². The van der Waals surface area contributed by atoms with Crippen molar-refractivity contribution in [2.75, 3.05) is 26.2 Å². The lowest BCUT2D eigenvalue weighted by atomic mass is 10.1. The lowest BCUT2D eigenvalue weighted by Gasteiger charge is -2.29. The molecule has 4 rings (SSSR count). The first-order valence-electron chi connectivity index (χ1n) is 11.9. The van der Waals surface area contributed by atoms with Crippen LogP contribution in [-0.4, -0.2) is 42.2 Å². The van der Waals surface area contributed by atoms with Crippen LogP contribution in [0.15, 0.2) is 57.7 Å². The van der Waals surface area contributed by atoms with Crippen LogP contribution in [0.2, 0.25) is 0 Å². The average molecular weight is 452 g/mol. The van der Waals surface area contributed by atoms with Gasteiger partial charge in [-0.25, -0.2) is 0 Å². The highest BCUT2D eigenvalue weighted by Crippen LogP contribution is 2.26. The summed E-state index contributed by atoms with van der Waals surface area (Å²) in [5.74, 6) is 2.44. The zero-order valence-corrected chi connectivity index (χ0v) is 19.5. The first-order valence-corrected chi connectivity index (χ1v) is 11.9. The van der Waals surface area contributed by atoms with Crippen molar-refractivity contribution in [3.8, 4) is 17.1 Å². The SMILES string of the molecule is CC(C)COc1ccc(-c2cc(C(=O)NC[C@@H](c3ccco3)N3CCCCCC3)no2)cc1. The Labute approximate surface area is 195 Å². The summed E-state index contributed by atoms with van der Waals surface area (Å²) >= 11 is 0. The van der Waals surface area contributed by atoms with Crippen LogP contribution < -0.4 is 10.1 Å². The van der Waals surface area contributed by atoms with Crippen LogP contribution >= 0.6 is 0 Å².